The zero-order valence-electron chi connectivity index (χ0n) is 40.1. The van der Waals surface area contributed by atoms with E-state index in [1.54, 1.807) is 22.3 Å². The van der Waals surface area contributed by atoms with E-state index in [9.17, 15) is 4.79 Å². The number of amides is 1. The summed E-state index contributed by atoms with van der Waals surface area (Å²) in [5.41, 5.74) is 18.0. The standard InChI is InChI=1S/C13H18.C12H13N.C12H16.C12H14.C11H13NO.2CH4/c1-10(2)12-8-7-11-5-3-4-6-13(11)9-12;1-9(2)10-5-6-12-11(8-10)4-3-7-13-12;2*1-9(2)11-7-6-10-4-3-5-12(10)8-11;1-7(2)8-3-4-9-6-11(13)12-10(9)5-8;;/h3-6,10,12H,7-9H2,1-2H3;3-9H,1-2H3;6-9H,3-5H2,1-2H3;3,5-9H,4H2,1-2H3;3-5,7H,6H2,1-2H3,(H,12,13);2*1H4. The number of pyridine rings is 1. The number of nitrogens with zero attached hydrogens (tertiary/aromatic N) is 1. The molecule has 1 atom stereocenters. The van der Waals surface area contributed by atoms with Crippen LogP contribution in [-0.2, 0) is 43.3 Å². The highest BCUT2D eigenvalue weighted by Gasteiger charge is 2.21. The van der Waals surface area contributed by atoms with E-state index in [0.717, 1.165) is 35.0 Å². The number of carbonyl (C=O) groups excluding carboxylic acids is 1. The number of fused-ring (bicyclic) bond motifs is 5. The normalized spacial score (nSPS) is 14.8. The fourth-order valence-electron chi connectivity index (χ4n) is 8.92. The molecule has 6 aromatic rings. The van der Waals surface area contributed by atoms with Gasteiger partial charge in [-0.1, -0.05) is 181 Å². The van der Waals surface area contributed by atoms with Gasteiger partial charge in [0.15, 0.2) is 0 Å². The molecule has 1 unspecified atom stereocenters. The third-order valence-corrected chi connectivity index (χ3v) is 13.3. The van der Waals surface area contributed by atoms with E-state index in [0.29, 0.717) is 30.1 Å². The predicted octanol–water partition coefficient (Wildman–Crippen LogP) is 17.1. The van der Waals surface area contributed by atoms with Crippen LogP contribution in [0.1, 0.15) is 182 Å². The molecule has 1 N–H and O–H groups in total. The van der Waals surface area contributed by atoms with Crippen LogP contribution in [0.15, 0.2) is 121 Å². The lowest BCUT2D eigenvalue weighted by atomic mass is 9.78. The van der Waals surface area contributed by atoms with Crippen LogP contribution >= 0.6 is 0 Å². The third kappa shape index (κ3) is 14.6. The Hall–Kier alpha value is -5.28. The van der Waals surface area contributed by atoms with Crippen LogP contribution < -0.4 is 5.32 Å². The molecule has 3 aliphatic carbocycles. The summed E-state index contributed by atoms with van der Waals surface area (Å²) >= 11 is 0. The highest BCUT2D eigenvalue weighted by atomic mass is 16.1. The Labute approximate surface area is 395 Å². The zero-order valence-corrected chi connectivity index (χ0v) is 40.1. The van der Waals surface area contributed by atoms with Gasteiger partial charge in [-0.25, -0.2) is 0 Å². The van der Waals surface area contributed by atoms with Gasteiger partial charge < -0.3 is 5.32 Å². The molecule has 4 aliphatic rings. The minimum Gasteiger partial charge on any atom is -0.326 e. The second-order valence-corrected chi connectivity index (χ2v) is 19.7. The smallest absolute Gasteiger partial charge is 0.228 e. The number of hydrogen-bond acceptors (Lipinski definition) is 2. The number of carbonyl (C=O) groups is 1. The van der Waals surface area contributed by atoms with Gasteiger partial charge >= 0.3 is 0 Å². The number of allylic oxidation sites excluding steroid dienone is 1. The molecule has 0 bridgehead atoms. The topological polar surface area (TPSA) is 42.0 Å². The van der Waals surface area contributed by atoms with E-state index in [1.807, 2.05) is 18.3 Å². The summed E-state index contributed by atoms with van der Waals surface area (Å²) in [5.74, 6) is 4.28. The molecule has 1 aromatic heterocycles. The van der Waals surface area contributed by atoms with Gasteiger partial charge in [-0.2, -0.15) is 0 Å². The van der Waals surface area contributed by atoms with Crippen molar-refractivity contribution in [2.75, 3.05) is 5.32 Å². The molecule has 0 radical (unpaired) electrons. The summed E-state index contributed by atoms with van der Waals surface area (Å²) in [6.45, 7) is 22.4. The van der Waals surface area contributed by atoms with Crippen molar-refractivity contribution in [3.05, 3.63) is 183 Å². The largest absolute Gasteiger partial charge is 0.326 e. The van der Waals surface area contributed by atoms with Gasteiger partial charge in [0.05, 0.1) is 11.9 Å². The second kappa shape index (κ2) is 24.9. The van der Waals surface area contributed by atoms with Crippen molar-refractivity contribution in [2.45, 2.75) is 159 Å². The van der Waals surface area contributed by atoms with Gasteiger partial charge in [-0.05, 0) is 166 Å². The number of anilines is 1. The average molecular weight is 871 g/mol. The second-order valence-electron chi connectivity index (χ2n) is 19.7. The van der Waals surface area contributed by atoms with Crippen molar-refractivity contribution in [3.8, 4) is 0 Å². The van der Waals surface area contributed by atoms with E-state index in [1.165, 1.54) is 77.3 Å². The molecular formula is C62H82N2O. The van der Waals surface area contributed by atoms with Crippen molar-refractivity contribution in [2.24, 2.45) is 11.8 Å². The molecule has 0 saturated heterocycles. The van der Waals surface area contributed by atoms with E-state index in [2.05, 4.69) is 189 Å². The van der Waals surface area contributed by atoms with Crippen LogP contribution in [0.25, 0.3) is 17.0 Å². The number of aryl methyl sites for hydroxylation is 3. The summed E-state index contributed by atoms with van der Waals surface area (Å²) in [6, 6.07) is 39.5. The lowest BCUT2D eigenvalue weighted by Gasteiger charge is -2.27. The van der Waals surface area contributed by atoms with Gasteiger partial charge in [0, 0.05) is 17.3 Å². The van der Waals surface area contributed by atoms with Gasteiger partial charge in [0.1, 0.15) is 0 Å². The quantitative estimate of drug-likeness (QED) is 0.188. The van der Waals surface area contributed by atoms with Crippen molar-refractivity contribution in [3.63, 3.8) is 0 Å². The van der Waals surface area contributed by atoms with Crippen LogP contribution in [0.5, 0.6) is 0 Å². The Kier molecular flexibility index (Phi) is 20.0. The summed E-state index contributed by atoms with van der Waals surface area (Å²) in [5, 5.41) is 4.08. The van der Waals surface area contributed by atoms with Crippen LogP contribution in [0.2, 0.25) is 0 Å². The summed E-state index contributed by atoms with van der Waals surface area (Å²) < 4.78 is 0. The van der Waals surface area contributed by atoms with E-state index in [-0.39, 0.29) is 20.8 Å². The molecule has 0 saturated carbocycles. The van der Waals surface area contributed by atoms with E-state index >= 15 is 0 Å². The summed E-state index contributed by atoms with van der Waals surface area (Å²) in [4.78, 5) is 15.4. The number of rotatable bonds is 5. The highest BCUT2D eigenvalue weighted by Crippen LogP contribution is 2.31. The first-order valence-corrected chi connectivity index (χ1v) is 24.0. The lowest BCUT2D eigenvalue weighted by Crippen LogP contribution is -2.18. The maximum absolute atomic E-state index is 11.1. The minimum absolute atomic E-state index is 0. The van der Waals surface area contributed by atoms with Gasteiger partial charge in [-0.15, -0.1) is 0 Å². The Morgan fingerprint density at radius 1 is 0.554 bits per heavy atom. The van der Waals surface area contributed by atoms with Crippen molar-refractivity contribution >= 4 is 28.6 Å². The number of hydrogen-bond donors (Lipinski definition) is 1. The number of benzene rings is 5. The molecule has 1 aliphatic heterocycles. The average Bonchev–Trinajstić information content (AvgIpc) is 4.05. The highest BCUT2D eigenvalue weighted by molar-refractivity contribution is 5.99. The first kappa shape index (κ1) is 52.3. The van der Waals surface area contributed by atoms with Gasteiger partial charge in [0.2, 0.25) is 5.91 Å². The molecule has 1 amide bonds. The third-order valence-electron chi connectivity index (χ3n) is 13.3. The molecular weight excluding hydrogens is 789 g/mol. The van der Waals surface area contributed by atoms with Crippen LogP contribution in [-0.4, -0.2) is 10.9 Å². The monoisotopic (exact) mass is 871 g/mol. The summed E-state index contributed by atoms with van der Waals surface area (Å²) in [7, 11) is 0. The molecule has 0 spiro atoms. The fourth-order valence-corrected chi connectivity index (χ4v) is 8.92. The molecule has 10 rings (SSSR count). The maximum Gasteiger partial charge on any atom is 0.228 e. The van der Waals surface area contributed by atoms with E-state index < -0.39 is 0 Å². The minimum atomic E-state index is 0. The molecule has 3 heteroatoms. The van der Waals surface area contributed by atoms with Crippen LogP contribution in [0, 0.1) is 11.8 Å². The van der Waals surface area contributed by atoms with Crippen molar-refractivity contribution in [1.82, 2.24) is 4.98 Å². The van der Waals surface area contributed by atoms with E-state index in [4.69, 9.17) is 0 Å². The lowest BCUT2D eigenvalue weighted by molar-refractivity contribution is -0.115. The molecule has 65 heavy (non-hydrogen) atoms. The van der Waals surface area contributed by atoms with Crippen LogP contribution in [0.3, 0.4) is 0 Å². The number of aromatic nitrogens is 1. The molecule has 346 valence electrons. The Morgan fingerprint density at radius 3 is 1.80 bits per heavy atom. The number of nitrogens with one attached hydrogen (secondary N) is 1. The van der Waals surface area contributed by atoms with Crippen LogP contribution in [0.4, 0.5) is 5.69 Å². The van der Waals surface area contributed by atoms with Crippen molar-refractivity contribution in [1.29, 1.82) is 0 Å². The molecule has 2 heterocycles. The Morgan fingerprint density at radius 2 is 1.12 bits per heavy atom. The Balaban J connectivity index is 0.000000177. The van der Waals surface area contributed by atoms with Crippen molar-refractivity contribution < 1.29 is 4.79 Å². The SMILES string of the molecule is C.C.CC(C)C1CCc2ccccc2C1.CC(C)c1ccc2c(c1)C=CC2.CC(C)c1ccc2c(c1)CCC2.CC(C)c1ccc2c(c1)NC(=O)C2.CC(C)c1ccc2ncccc2c1. The maximum atomic E-state index is 11.1. The molecule has 5 aromatic carbocycles. The summed E-state index contributed by atoms with van der Waals surface area (Å²) in [6.07, 6.45) is 15.9. The molecule has 0 fully saturated rings. The first-order valence-electron chi connectivity index (χ1n) is 24.0. The van der Waals surface area contributed by atoms with Gasteiger partial charge in [0.25, 0.3) is 0 Å². The molecule has 3 nitrogen and oxygen atoms in total. The fraction of sp³-hybridized carbons (Fsp3) is 0.419. The first-order chi connectivity index (χ1) is 30.2. The van der Waals surface area contributed by atoms with Gasteiger partial charge in [-0.3, -0.25) is 9.78 Å². The predicted molar refractivity (Wildman–Crippen MR) is 285 cm³/mol. The zero-order chi connectivity index (χ0) is 45.0. The Bertz CT molecular complexity index is 2460.